The van der Waals surface area contributed by atoms with E-state index in [1.807, 2.05) is 12.1 Å². The van der Waals surface area contributed by atoms with Crippen molar-refractivity contribution in [1.29, 1.82) is 0 Å². The predicted molar refractivity (Wildman–Crippen MR) is 85.7 cm³/mol. The molecule has 1 saturated carbocycles. The summed E-state index contributed by atoms with van der Waals surface area (Å²) in [7, 11) is 0. The molecular formula is C19H27NO. The number of phenolic OH excluding ortho intramolecular Hbond substituents is 1. The topological polar surface area (TPSA) is 23.5 Å². The summed E-state index contributed by atoms with van der Waals surface area (Å²) < 4.78 is 0. The zero-order chi connectivity index (χ0) is 14.4. The summed E-state index contributed by atoms with van der Waals surface area (Å²) in [5.74, 6) is 1.95. The number of likely N-dealkylation sites (tertiary alicyclic amines) is 1. The number of piperidine rings is 1. The molecule has 0 amide bonds. The summed E-state index contributed by atoms with van der Waals surface area (Å²) >= 11 is 0. The molecule has 0 aromatic heterocycles. The zero-order valence-corrected chi connectivity index (χ0v) is 13.1. The Morgan fingerprint density at radius 3 is 2.76 bits per heavy atom. The van der Waals surface area contributed by atoms with Gasteiger partial charge in [-0.05, 0) is 55.2 Å². The third-order valence-electron chi connectivity index (χ3n) is 6.14. The average Bonchev–Trinajstić information content (AvgIpc) is 3.01. The van der Waals surface area contributed by atoms with E-state index in [4.69, 9.17) is 0 Å². The van der Waals surface area contributed by atoms with Gasteiger partial charge in [0.15, 0.2) is 0 Å². The second-order valence-electron chi connectivity index (χ2n) is 7.53. The van der Waals surface area contributed by atoms with Gasteiger partial charge in [-0.25, -0.2) is 0 Å². The molecule has 3 unspecified atom stereocenters. The van der Waals surface area contributed by atoms with Crippen LogP contribution in [0.3, 0.4) is 0 Å². The van der Waals surface area contributed by atoms with Crippen LogP contribution in [0.25, 0.3) is 0 Å². The van der Waals surface area contributed by atoms with Crippen molar-refractivity contribution in [3.8, 4) is 5.75 Å². The van der Waals surface area contributed by atoms with Crippen LogP contribution in [-0.2, 0) is 6.42 Å². The highest BCUT2D eigenvalue weighted by molar-refractivity contribution is 5.44. The SMILES string of the molecule is CC1CC2c3cccc(O)c3CCC2N(C2CCCC2)C1. The quantitative estimate of drug-likeness (QED) is 0.840. The Kier molecular flexibility index (Phi) is 3.45. The lowest BCUT2D eigenvalue weighted by atomic mass is 9.71. The molecule has 4 rings (SSSR count). The number of nitrogens with zero attached hydrogens (tertiary/aromatic N) is 1. The van der Waals surface area contributed by atoms with E-state index in [0.717, 1.165) is 24.4 Å². The van der Waals surface area contributed by atoms with Gasteiger partial charge < -0.3 is 5.11 Å². The van der Waals surface area contributed by atoms with Crippen LogP contribution in [0.1, 0.15) is 62.5 Å². The van der Waals surface area contributed by atoms with Crippen molar-refractivity contribution in [2.45, 2.75) is 69.9 Å². The molecule has 1 aromatic rings. The summed E-state index contributed by atoms with van der Waals surface area (Å²) in [4.78, 5) is 2.86. The van der Waals surface area contributed by atoms with E-state index in [1.54, 1.807) is 0 Å². The molecule has 1 N–H and O–H groups in total. The van der Waals surface area contributed by atoms with E-state index in [1.165, 1.54) is 56.2 Å². The Hall–Kier alpha value is -1.02. The molecule has 2 aliphatic carbocycles. The maximum atomic E-state index is 10.2. The Labute approximate surface area is 128 Å². The van der Waals surface area contributed by atoms with Crippen molar-refractivity contribution in [2.24, 2.45) is 5.92 Å². The smallest absolute Gasteiger partial charge is 0.119 e. The molecule has 2 heteroatoms. The first-order valence-electron chi connectivity index (χ1n) is 8.80. The summed E-state index contributed by atoms with van der Waals surface area (Å²) in [5.41, 5.74) is 2.68. The van der Waals surface area contributed by atoms with Crippen LogP contribution < -0.4 is 0 Å². The van der Waals surface area contributed by atoms with Crippen molar-refractivity contribution in [3.63, 3.8) is 0 Å². The largest absolute Gasteiger partial charge is 0.508 e. The molecule has 1 aromatic carbocycles. The van der Waals surface area contributed by atoms with Crippen LogP contribution in [0.2, 0.25) is 0 Å². The lowest BCUT2D eigenvalue weighted by Crippen LogP contribution is -2.52. The fourth-order valence-corrected chi connectivity index (χ4v) is 5.25. The molecule has 21 heavy (non-hydrogen) atoms. The van der Waals surface area contributed by atoms with E-state index in [-0.39, 0.29) is 0 Å². The van der Waals surface area contributed by atoms with Gasteiger partial charge in [-0.15, -0.1) is 0 Å². The van der Waals surface area contributed by atoms with Crippen LogP contribution in [0.4, 0.5) is 0 Å². The lowest BCUT2D eigenvalue weighted by molar-refractivity contribution is 0.0429. The molecule has 2 fully saturated rings. The van der Waals surface area contributed by atoms with Gasteiger partial charge in [-0.1, -0.05) is 31.9 Å². The third-order valence-corrected chi connectivity index (χ3v) is 6.14. The summed E-state index contributed by atoms with van der Waals surface area (Å²) in [5, 5.41) is 10.2. The highest BCUT2D eigenvalue weighted by Gasteiger charge is 2.42. The van der Waals surface area contributed by atoms with Crippen molar-refractivity contribution < 1.29 is 5.11 Å². The molecule has 0 bridgehead atoms. The molecule has 0 radical (unpaired) electrons. The van der Waals surface area contributed by atoms with Gasteiger partial charge in [-0.2, -0.15) is 0 Å². The molecule has 0 spiro atoms. The number of benzene rings is 1. The van der Waals surface area contributed by atoms with Crippen LogP contribution in [0.5, 0.6) is 5.75 Å². The van der Waals surface area contributed by atoms with E-state index < -0.39 is 0 Å². The first-order valence-corrected chi connectivity index (χ1v) is 8.80. The fraction of sp³-hybridized carbons (Fsp3) is 0.684. The molecule has 1 aliphatic heterocycles. The minimum atomic E-state index is 0.525. The molecule has 1 saturated heterocycles. The molecule has 3 aliphatic rings. The Balaban J connectivity index is 1.68. The van der Waals surface area contributed by atoms with Gasteiger partial charge in [0, 0.05) is 24.5 Å². The number of hydrogen-bond donors (Lipinski definition) is 1. The van der Waals surface area contributed by atoms with Crippen LogP contribution in [0.15, 0.2) is 18.2 Å². The van der Waals surface area contributed by atoms with Gasteiger partial charge in [0.25, 0.3) is 0 Å². The minimum Gasteiger partial charge on any atom is -0.508 e. The monoisotopic (exact) mass is 285 g/mol. The van der Waals surface area contributed by atoms with Crippen molar-refractivity contribution in [2.75, 3.05) is 6.54 Å². The standard InChI is InChI=1S/C19H27NO/c1-13-11-17-15-7-4-8-19(21)16(15)9-10-18(17)20(12-13)14-5-2-3-6-14/h4,7-8,13-14,17-18,21H,2-3,5-6,9-12H2,1H3. The zero-order valence-electron chi connectivity index (χ0n) is 13.1. The van der Waals surface area contributed by atoms with Gasteiger partial charge >= 0.3 is 0 Å². The maximum absolute atomic E-state index is 10.2. The molecule has 114 valence electrons. The second-order valence-corrected chi connectivity index (χ2v) is 7.53. The van der Waals surface area contributed by atoms with E-state index in [0.29, 0.717) is 11.7 Å². The van der Waals surface area contributed by atoms with Gasteiger partial charge in [0.1, 0.15) is 5.75 Å². The highest BCUT2D eigenvalue weighted by atomic mass is 16.3. The van der Waals surface area contributed by atoms with Crippen molar-refractivity contribution in [1.82, 2.24) is 4.90 Å². The molecule has 2 nitrogen and oxygen atoms in total. The Morgan fingerprint density at radius 2 is 1.95 bits per heavy atom. The predicted octanol–water partition coefficient (Wildman–Crippen LogP) is 4.08. The van der Waals surface area contributed by atoms with Crippen LogP contribution >= 0.6 is 0 Å². The van der Waals surface area contributed by atoms with E-state index in [9.17, 15) is 5.11 Å². The number of hydrogen-bond acceptors (Lipinski definition) is 2. The number of aromatic hydroxyl groups is 1. The summed E-state index contributed by atoms with van der Waals surface area (Å²) in [6.45, 7) is 3.70. The molecule has 3 atom stereocenters. The molecule has 1 heterocycles. The lowest BCUT2D eigenvalue weighted by Gasteiger charge is -2.49. The van der Waals surface area contributed by atoms with Crippen LogP contribution in [-0.4, -0.2) is 28.6 Å². The first kappa shape index (κ1) is 13.6. The minimum absolute atomic E-state index is 0.525. The van der Waals surface area contributed by atoms with Crippen LogP contribution in [0, 0.1) is 5.92 Å². The Bertz CT molecular complexity index is 520. The van der Waals surface area contributed by atoms with Crippen molar-refractivity contribution >= 4 is 0 Å². The molecular weight excluding hydrogens is 258 g/mol. The maximum Gasteiger partial charge on any atom is 0.119 e. The third kappa shape index (κ3) is 2.28. The fourth-order valence-electron chi connectivity index (χ4n) is 5.25. The highest BCUT2D eigenvalue weighted by Crippen LogP contribution is 2.46. The van der Waals surface area contributed by atoms with Gasteiger partial charge in [0.05, 0.1) is 0 Å². The summed E-state index contributed by atoms with van der Waals surface area (Å²) in [6.07, 6.45) is 9.24. The van der Waals surface area contributed by atoms with E-state index in [2.05, 4.69) is 17.9 Å². The summed E-state index contributed by atoms with van der Waals surface area (Å²) in [6, 6.07) is 7.73. The van der Waals surface area contributed by atoms with Crippen molar-refractivity contribution in [3.05, 3.63) is 29.3 Å². The number of phenols is 1. The van der Waals surface area contributed by atoms with Gasteiger partial charge in [-0.3, -0.25) is 4.90 Å². The number of fused-ring (bicyclic) bond motifs is 3. The van der Waals surface area contributed by atoms with Gasteiger partial charge in [0.2, 0.25) is 0 Å². The normalized spacial score (nSPS) is 33.7. The first-order chi connectivity index (χ1) is 10.2. The van der Waals surface area contributed by atoms with E-state index >= 15 is 0 Å². The Morgan fingerprint density at radius 1 is 1.14 bits per heavy atom. The second kappa shape index (κ2) is 5.31. The average molecular weight is 285 g/mol. The number of rotatable bonds is 1.